The van der Waals surface area contributed by atoms with Gasteiger partial charge in [-0.2, -0.15) is 0 Å². The van der Waals surface area contributed by atoms with Gasteiger partial charge in [-0.1, -0.05) is 43.2 Å². The van der Waals surface area contributed by atoms with Crippen molar-refractivity contribution in [2.24, 2.45) is 5.92 Å². The Morgan fingerprint density at radius 2 is 1.90 bits per heavy atom. The molecule has 1 aromatic carbocycles. The van der Waals surface area contributed by atoms with E-state index in [-0.39, 0.29) is 29.8 Å². The topological polar surface area (TPSA) is 84.3 Å². The van der Waals surface area contributed by atoms with Crippen molar-refractivity contribution in [3.63, 3.8) is 0 Å². The lowest BCUT2D eigenvalue weighted by atomic mass is 10.1. The fourth-order valence-electron chi connectivity index (χ4n) is 4.53. The Balaban J connectivity index is 1.39. The molecule has 1 aliphatic heterocycles. The number of carbonyl (C=O) groups excluding carboxylic acids is 2. The Labute approximate surface area is 177 Å². The number of aromatic nitrogens is 2. The molecular formula is C22H22N4O3S. The third-order valence-electron chi connectivity index (χ3n) is 6.10. The maximum Gasteiger partial charge on any atom is 0.281 e. The van der Waals surface area contributed by atoms with Crippen molar-refractivity contribution in [2.75, 3.05) is 12.0 Å². The smallest absolute Gasteiger partial charge is 0.281 e. The van der Waals surface area contributed by atoms with E-state index in [1.54, 1.807) is 0 Å². The van der Waals surface area contributed by atoms with Crippen molar-refractivity contribution in [3.05, 3.63) is 52.4 Å². The molecule has 0 radical (unpaired) electrons. The van der Waals surface area contributed by atoms with E-state index >= 15 is 0 Å². The van der Waals surface area contributed by atoms with Gasteiger partial charge in [0.05, 0.1) is 11.3 Å². The zero-order valence-electron chi connectivity index (χ0n) is 16.4. The van der Waals surface area contributed by atoms with Gasteiger partial charge in [0.15, 0.2) is 0 Å². The minimum atomic E-state index is -0.447. The first kappa shape index (κ1) is 19.0. The molecule has 2 aliphatic rings. The Bertz CT molecular complexity index is 1160. The highest BCUT2D eigenvalue weighted by Gasteiger charge is 2.38. The van der Waals surface area contributed by atoms with Gasteiger partial charge in [-0.15, -0.1) is 11.3 Å². The molecule has 0 spiro atoms. The van der Waals surface area contributed by atoms with Crippen LogP contribution < -0.4 is 11.0 Å². The van der Waals surface area contributed by atoms with E-state index < -0.39 is 5.92 Å². The number of rotatable bonds is 4. The summed E-state index contributed by atoms with van der Waals surface area (Å²) >= 11 is 1.40. The zero-order chi connectivity index (χ0) is 20.7. The molecule has 1 aliphatic carbocycles. The summed E-state index contributed by atoms with van der Waals surface area (Å²) in [5, 5.41) is 2.40. The second kappa shape index (κ2) is 7.68. The minimum absolute atomic E-state index is 0.0344. The van der Waals surface area contributed by atoms with E-state index in [1.807, 2.05) is 40.6 Å². The summed E-state index contributed by atoms with van der Waals surface area (Å²) in [7, 11) is 0. The van der Waals surface area contributed by atoms with Crippen LogP contribution in [0, 0.1) is 5.92 Å². The predicted molar refractivity (Wildman–Crippen MR) is 116 cm³/mol. The number of nitrogens with one attached hydrogen (secondary N) is 1. The average molecular weight is 423 g/mol. The molecule has 3 heterocycles. The van der Waals surface area contributed by atoms with Crippen LogP contribution in [0.2, 0.25) is 0 Å². The lowest BCUT2D eigenvalue weighted by molar-refractivity contribution is -0.130. The fourth-order valence-corrected chi connectivity index (χ4v) is 5.43. The molecule has 2 fully saturated rings. The molecule has 8 heteroatoms. The highest BCUT2D eigenvalue weighted by Crippen LogP contribution is 2.31. The van der Waals surface area contributed by atoms with Crippen molar-refractivity contribution in [2.45, 2.75) is 38.1 Å². The zero-order valence-corrected chi connectivity index (χ0v) is 17.2. The largest absolute Gasteiger partial charge is 0.339 e. The van der Waals surface area contributed by atoms with Crippen LogP contribution in [0.1, 0.15) is 32.1 Å². The van der Waals surface area contributed by atoms with E-state index in [9.17, 15) is 14.4 Å². The van der Waals surface area contributed by atoms with Crippen molar-refractivity contribution in [1.29, 1.82) is 0 Å². The summed E-state index contributed by atoms with van der Waals surface area (Å²) in [6, 6.07) is 9.91. The van der Waals surface area contributed by atoms with Gasteiger partial charge in [-0.25, -0.2) is 9.66 Å². The van der Waals surface area contributed by atoms with Crippen LogP contribution in [-0.2, 0) is 9.59 Å². The van der Waals surface area contributed by atoms with Crippen molar-refractivity contribution >= 4 is 33.4 Å². The molecule has 3 aromatic rings. The highest BCUT2D eigenvalue weighted by molar-refractivity contribution is 7.17. The van der Waals surface area contributed by atoms with Crippen LogP contribution in [0.3, 0.4) is 0 Å². The number of amides is 2. The Hall–Kier alpha value is -3.00. The molecule has 1 atom stereocenters. The summed E-state index contributed by atoms with van der Waals surface area (Å²) < 4.78 is 1.15. The number of hydrogen-bond donors (Lipinski definition) is 1. The lowest BCUT2D eigenvalue weighted by Crippen LogP contribution is -2.39. The Morgan fingerprint density at radius 1 is 1.13 bits per heavy atom. The van der Waals surface area contributed by atoms with E-state index in [0.717, 1.165) is 41.5 Å². The molecule has 30 heavy (non-hydrogen) atoms. The average Bonchev–Trinajstić information content (AvgIpc) is 3.50. The molecule has 5 rings (SSSR count). The minimum Gasteiger partial charge on any atom is -0.339 e. The second-order valence-electron chi connectivity index (χ2n) is 7.98. The Morgan fingerprint density at radius 3 is 2.67 bits per heavy atom. The summed E-state index contributed by atoms with van der Waals surface area (Å²) in [6.45, 7) is 0.424. The van der Waals surface area contributed by atoms with Crippen LogP contribution in [0.4, 0.5) is 0 Å². The van der Waals surface area contributed by atoms with Gasteiger partial charge in [0.2, 0.25) is 11.8 Å². The summed E-state index contributed by atoms with van der Waals surface area (Å²) in [4.78, 5) is 45.2. The van der Waals surface area contributed by atoms with E-state index in [1.165, 1.54) is 17.7 Å². The number of fused-ring (bicyclic) bond motifs is 1. The standard InChI is InChI=1S/C22H22N4O3S/c27-18-10-15(11-25(18)16-8-4-5-9-16)20(28)24-26-13-23-21-19(22(26)29)17(12-30-21)14-6-2-1-3-7-14/h1-3,6-7,12-13,15-16H,4-5,8-11H2,(H,24,28)/t15-/m1/s1. The SMILES string of the molecule is O=C(Nn1cnc2scc(-c3ccccc3)c2c1=O)[C@@H]1CC(=O)N(C2CCCC2)C1. The lowest BCUT2D eigenvalue weighted by Gasteiger charge is -2.23. The van der Waals surface area contributed by atoms with Crippen LogP contribution >= 0.6 is 11.3 Å². The fraction of sp³-hybridized carbons (Fsp3) is 0.364. The monoisotopic (exact) mass is 422 g/mol. The molecule has 1 saturated carbocycles. The summed E-state index contributed by atoms with van der Waals surface area (Å²) in [6.07, 6.45) is 5.84. The van der Waals surface area contributed by atoms with E-state index in [4.69, 9.17) is 0 Å². The maximum absolute atomic E-state index is 13.1. The van der Waals surface area contributed by atoms with Gasteiger partial charge >= 0.3 is 0 Å². The second-order valence-corrected chi connectivity index (χ2v) is 8.83. The number of nitrogens with zero attached hydrogens (tertiary/aromatic N) is 3. The van der Waals surface area contributed by atoms with Crippen LogP contribution in [0.15, 0.2) is 46.8 Å². The molecule has 7 nitrogen and oxygen atoms in total. The quantitative estimate of drug-likeness (QED) is 0.701. The summed E-state index contributed by atoms with van der Waals surface area (Å²) in [5.41, 5.74) is 4.10. The van der Waals surface area contributed by atoms with E-state index in [0.29, 0.717) is 16.8 Å². The predicted octanol–water partition coefficient (Wildman–Crippen LogP) is 2.99. The molecule has 0 unspecified atom stereocenters. The normalized spacial score (nSPS) is 19.7. The first-order valence-electron chi connectivity index (χ1n) is 10.3. The highest BCUT2D eigenvalue weighted by atomic mass is 32.1. The third kappa shape index (κ3) is 3.31. The van der Waals surface area contributed by atoms with Gasteiger partial charge in [0.1, 0.15) is 11.2 Å². The molecule has 2 amide bonds. The molecule has 2 aromatic heterocycles. The van der Waals surface area contributed by atoms with Gasteiger partial charge in [0.25, 0.3) is 5.56 Å². The number of thiophene rings is 1. The number of benzene rings is 1. The van der Waals surface area contributed by atoms with Crippen LogP contribution in [0.25, 0.3) is 21.3 Å². The molecule has 1 saturated heterocycles. The summed E-state index contributed by atoms with van der Waals surface area (Å²) in [5.74, 6) is -0.729. The van der Waals surface area contributed by atoms with Gasteiger partial charge < -0.3 is 4.90 Å². The molecular weight excluding hydrogens is 400 g/mol. The number of likely N-dealkylation sites (tertiary alicyclic amines) is 1. The molecule has 1 N–H and O–H groups in total. The van der Waals surface area contributed by atoms with Crippen LogP contribution in [-0.4, -0.2) is 39.0 Å². The van der Waals surface area contributed by atoms with Crippen molar-refractivity contribution in [3.8, 4) is 11.1 Å². The first-order valence-corrected chi connectivity index (χ1v) is 11.1. The van der Waals surface area contributed by atoms with Crippen molar-refractivity contribution < 1.29 is 9.59 Å². The van der Waals surface area contributed by atoms with Crippen LogP contribution in [0.5, 0.6) is 0 Å². The first-order chi connectivity index (χ1) is 14.6. The van der Waals surface area contributed by atoms with Crippen molar-refractivity contribution in [1.82, 2.24) is 14.6 Å². The molecule has 0 bridgehead atoms. The Kier molecular flexibility index (Phi) is 4.86. The number of carbonyl (C=O) groups is 2. The maximum atomic E-state index is 13.1. The number of hydrogen-bond acceptors (Lipinski definition) is 5. The third-order valence-corrected chi connectivity index (χ3v) is 6.99. The van der Waals surface area contributed by atoms with E-state index in [2.05, 4.69) is 10.4 Å². The van der Waals surface area contributed by atoms with Gasteiger partial charge in [-0.3, -0.25) is 19.8 Å². The molecule has 154 valence electrons. The van der Waals surface area contributed by atoms with Gasteiger partial charge in [0, 0.05) is 30.0 Å². The van der Waals surface area contributed by atoms with Gasteiger partial charge in [-0.05, 0) is 18.4 Å².